The molecule has 2 rings (SSSR count). The summed E-state index contributed by atoms with van der Waals surface area (Å²) < 4.78 is 93.7. The lowest BCUT2D eigenvalue weighted by molar-refractivity contribution is -0.218. The summed E-state index contributed by atoms with van der Waals surface area (Å²) in [5, 5.41) is 27.3. The zero-order chi connectivity index (χ0) is 28.1. The number of esters is 1. The molecule has 0 saturated carbocycles. The lowest BCUT2D eigenvalue weighted by atomic mass is 9.89. The maximum Gasteiger partial charge on any atom is 0.425 e. The molecule has 36 heavy (non-hydrogen) atoms. The van der Waals surface area contributed by atoms with Gasteiger partial charge in [0.05, 0.1) is 5.92 Å². The van der Waals surface area contributed by atoms with E-state index < -0.39 is 70.6 Å². The summed E-state index contributed by atoms with van der Waals surface area (Å²) >= 11 is 0. The molecular formula is C24H27F7O5. The third-order valence-corrected chi connectivity index (χ3v) is 5.78. The average molecular weight is 528 g/mol. The molecule has 0 aliphatic heterocycles. The number of carbonyl (C=O) groups is 1. The monoisotopic (exact) mass is 528 g/mol. The number of phenolic OH excluding ortho intramolecular Hbond substituents is 3. The van der Waals surface area contributed by atoms with Crippen molar-refractivity contribution in [3.63, 3.8) is 0 Å². The van der Waals surface area contributed by atoms with Crippen LogP contribution in [0.1, 0.15) is 64.0 Å². The number of hydrogen-bond acceptors (Lipinski definition) is 5. The van der Waals surface area contributed by atoms with Crippen molar-refractivity contribution in [3.8, 4) is 17.2 Å². The van der Waals surface area contributed by atoms with E-state index in [1.165, 1.54) is 32.0 Å². The van der Waals surface area contributed by atoms with Gasteiger partial charge in [-0.25, -0.2) is 8.78 Å². The SMILES string of the molecule is CC(C(=O)OC(C)C(F)(F)F)C(C)c1ccc(O)c(O)c1.CCC(C)c1c(F)c(F)c(O)c(F)c1F. The third-order valence-electron chi connectivity index (χ3n) is 5.78. The van der Waals surface area contributed by atoms with Crippen LogP contribution in [-0.2, 0) is 9.53 Å². The van der Waals surface area contributed by atoms with Crippen LogP contribution < -0.4 is 0 Å². The normalized spacial score (nSPS) is 14.8. The fraction of sp³-hybridized carbons (Fsp3) is 0.458. The van der Waals surface area contributed by atoms with E-state index in [1.54, 1.807) is 13.8 Å². The van der Waals surface area contributed by atoms with Crippen molar-refractivity contribution in [2.45, 2.75) is 65.2 Å². The highest BCUT2D eigenvalue weighted by Crippen LogP contribution is 2.34. The number of carbonyl (C=O) groups excluding carboxylic acids is 1. The Morgan fingerprint density at radius 1 is 0.889 bits per heavy atom. The first-order chi connectivity index (χ1) is 16.4. The molecule has 0 saturated heterocycles. The van der Waals surface area contributed by atoms with Crippen LogP contribution in [-0.4, -0.2) is 33.6 Å². The zero-order valence-corrected chi connectivity index (χ0v) is 20.1. The molecule has 2 aromatic carbocycles. The number of halogens is 7. The van der Waals surface area contributed by atoms with Crippen molar-refractivity contribution in [2.75, 3.05) is 0 Å². The van der Waals surface area contributed by atoms with E-state index in [-0.39, 0.29) is 11.5 Å². The minimum absolute atomic E-state index is 0.313. The highest BCUT2D eigenvalue weighted by atomic mass is 19.4. The second kappa shape index (κ2) is 12.2. The molecule has 0 spiro atoms. The number of aromatic hydroxyl groups is 3. The minimum atomic E-state index is -4.60. The Labute approximate surface area is 203 Å². The Morgan fingerprint density at radius 3 is 1.81 bits per heavy atom. The molecular weight excluding hydrogens is 501 g/mol. The molecule has 0 aliphatic rings. The molecule has 0 heterocycles. The summed E-state index contributed by atoms with van der Waals surface area (Å²) in [6.07, 6.45) is -6.44. The Bertz CT molecular complexity index is 1040. The lowest BCUT2D eigenvalue weighted by Crippen LogP contribution is -2.33. The number of ether oxygens (including phenoxy) is 1. The van der Waals surface area contributed by atoms with Gasteiger partial charge in [-0.05, 0) is 42.9 Å². The van der Waals surface area contributed by atoms with Gasteiger partial charge in [0.25, 0.3) is 0 Å². The summed E-state index contributed by atoms with van der Waals surface area (Å²) in [7, 11) is 0. The van der Waals surface area contributed by atoms with E-state index in [0.717, 1.165) is 6.92 Å². The van der Waals surface area contributed by atoms with Gasteiger partial charge in [0.2, 0.25) is 11.6 Å². The van der Waals surface area contributed by atoms with Crippen LogP contribution >= 0.6 is 0 Å². The fourth-order valence-corrected chi connectivity index (χ4v) is 2.94. The second-order valence-electron chi connectivity index (χ2n) is 8.27. The molecule has 5 nitrogen and oxygen atoms in total. The van der Waals surface area contributed by atoms with Crippen LogP contribution in [0.4, 0.5) is 30.7 Å². The standard InChI is InChI=1S/C14H17F3O4.C10H10F4O/c1-7(10-4-5-11(18)12(19)6-10)8(2)13(20)21-9(3)14(15,16)17;1-3-4(2)5-6(11)8(13)10(15)9(14)7(5)12/h4-9,18-19H,1-3H3;4,15H,3H2,1-2H3. The number of benzene rings is 2. The zero-order valence-electron chi connectivity index (χ0n) is 20.1. The van der Waals surface area contributed by atoms with E-state index in [2.05, 4.69) is 4.74 Å². The van der Waals surface area contributed by atoms with Gasteiger partial charge in [0, 0.05) is 5.56 Å². The largest absolute Gasteiger partial charge is 0.504 e. The van der Waals surface area contributed by atoms with Gasteiger partial charge < -0.3 is 20.1 Å². The predicted molar refractivity (Wildman–Crippen MR) is 116 cm³/mol. The number of rotatable bonds is 6. The number of phenols is 3. The number of hydrogen-bond donors (Lipinski definition) is 3. The first kappa shape index (κ1) is 30.9. The van der Waals surface area contributed by atoms with Gasteiger partial charge in [-0.1, -0.05) is 33.8 Å². The van der Waals surface area contributed by atoms with Crippen LogP contribution in [0.15, 0.2) is 18.2 Å². The third kappa shape index (κ3) is 7.17. The lowest BCUT2D eigenvalue weighted by Gasteiger charge is -2.23. The maximum absolute atomic E-state index is 13.2. The van der Waals surface area contributed by atoms with Crippen molar-refractivity contribution in [3.05, 3.63) is 52.6 Å². The van der Waals surface area contributed by atoms with Crippen molar-refractivity contribution in [1.29, 1.82) is 0 Å². The summed E-state index contributed by atoms with van der Waals surface area (Å²) in [4.78, 5) is 11.7. The Morgan fingerprint density at radius 2 is 1.39 bits per heavy atom. The van der Waals surface area contributed by atoms with Crippen molar-refractivity contribution >= 4 is 5.97 Å². The van der Waals surface area contributed by atoms with E-state index in [9.17, 15) is 45.7 Å². The smallest absolute Gasteiger partial charge is 0.425 e. The molecule has 0 fully saturated rings. The first-order valence-electron chi connectivity index (χ1n) is 10.8. The van der Waals surface area contributed by atoms with Crippen LogP contribution in [0.5, 0.6) is 17.2 Å². The van der Waals surface area contributed by atoms with E-state index in [0.29, 0.717) is 12.0 Å². The highest BCUT2D eigenvalue weighted by Gasteiger charge is 2.40. The average Bonchev–Trinajstić information content (AvgIpc) is 2.81. The van der Waals surface area contributed by atoms with Crippen molar-refractivity contribution in [2.24, 2.45) is 5.92 Å². The van der Waals surface area contributed by atoms with Crippen LogP contribution in [0.3, 0.4) is 0 Å². The summed E-state index contributed by atoms with van der Waals surface area (Å²) in [6, 6.07) is 3.99. The molecule has 0 aromatic heterocycles. The Hall–Kier alpha value is -3.18. The molecule has 4 unspecified atom stereocenters. The fourth-order valence-electron chi connectivity index (χ4n) is 2.94. The van der Waals surface area contributed by atoms with Gasteiger partial charge in [-0.2, -0.15) is 22.0 Å². The summed E-state index contributed by atoms with van der Waals surface area (Å²) in [5.74, 6) is -11.8. The molecule has 12 heteroatoms. The van der Waals surface area contributed by atoms with Crippen molar-refractivity contribution < 1.29 is 55.6 Å². The second-order valence-corrected chi connectivity index (χ2v) is 8.27. The van der Waals surface area contributed by atoms with Crippen LogP contribution in [0.25, 0.3) is 0 Å². The highest BCUT2D eigenvalue weighted by molar-refractivity contribution is 5.73. The quantitative estimate of drug-likeness (QED) is 0.166. The first-order valence-corrected chi connectivity index (χ1v) is 10.8. The molecule has 0 bridgehead atoms. The van der Waals surface area contributed by atoms with Gasteiger partial charge in [-0.3, -0.25) is 4.79 Å². The predicted octanol–water partition coefficient (Wildman–Crippen LogP) is 6.79. The van der Waals surface area contributed by atoms with Crippen molar-refractivity contribution in [1.82, 2.24) is 0 Å². The van der Waals surface area contributed by atoms with Gasteiger partial charge in [-0.15, -0.1) is 0 Å². The minimum Gasteiger partial charge on any atom is -0.504 e. The van der Waals surface area contributed by atoms with E-state index in [1.807, 2.05) is 0 Å². The summed E-state index contributed by atoms with van der Waals surface area (Å²) in [6.45, 7) is 6.90. The topological polar surface area (TPSA) is 87.0 Å². The van der Waals surface area contributed by atoms with Gasteiger partial charge >= 0.3 is 12.1 Å². The Balaban J connectivity index is 0.000000381. The van der Waals surface area contributed by atoms with E-state index in [4.69, 9.17) is 5.11 Å². The molecule has 3 N–H and O–H groups in total. The molecule has 0 aliphatic carbocycles. The van der Waals surface area contributed by atoms with Gasteiger partial charge in [0.1, 0.15) is 0 Å². The van der Waals surface area contributed by atoms with Crippen LogP contribution in [0.2, 0.25) is 0 Å². The summed E-state index contributed by atoms with van der Waals surface area (Å²) in [5.41, 5.74) is -0.153. The maximum atomic E-state index is 13.2. The number of alkyl halides is 3. The van der Waals surface area contributed by atoms with E-state index >= 15 is 0 Å². The molecule has 0 radical (unpaired) electrons. The molecule has 2 aromatic rings. The van der Waals surface area contributed by atoms with Crippen LogP contribution in [0, 0.1) is 29.2 Å². The Kier molecular flexibility index (Phi) is 10.4. The molecule has 0 amide bonds. The molecule has 4 atom stereocenters. The molecule has 202 valence electrons. The van der Waals surface area contributed by atoms with Gasteiger partial charge in [0.15, 0.2) is 35.0 Å².